The second-order valence-corrected chi connectivity index (χ2v) is 3.83. The van der Waals surface area contributed by atoms with Gasteiger partial charge in [0.1, 0.15) is 6.10 Å². The van der Waals surface area contributed by atoms with E-state index in [1.165, 1.54) is 0 Å². The summed E-state index contributed by atoms with van der Waals surface area (Å²) in [7, 11) is 0. The maximum Gasteiger partial charge on any atom is 0.250 e. The van der Waals surface area contributed by atoms with Crippen LogP contribution in [0.5, 0.6) is 0 Å². The van der Waals surface area contributed by atoms with Gasteiger partial charge in [-0.1, -0.05) is 0 Å². The lowest BCUT2D eigenvalue weighted by Gasteiger charge is -2.28. The number of ether oxygens (including phenoxy) is 1. The molecule has 1 amide bonds. The van der Waals surface area contributed by atoms with Gasteiger partial charge in [-0.2, -0.15) is 0 Å². The molecule has 0 aromatic rings. The number of morpholine rings is 1. The average Bonchev–Trinajstić information content (AvgIpc) is 2.16. The average molecular weight is 199 g/mol. The Morgan fingerprint density at radius 3 is 2.79 bits per heavy atom. The van der Waals surface area contributed by atoms with E-state index in [2.05, 4.69) is 16.0 Å². The molecule has 2 fully saturated rings. The summed E-state index contributed by atoms with van der Waals surface area (Å²) < 4.78 is 5.33. The standard InChI is InChI=1S/C9H17N3O2/c13-9(8-6-10-1-2-14-8)12-5-7-3-11-4-7/h7-8,10-11H,1-6H2,(H,12,13). The van der Waals surface area contributed by atoms with E-state index in [0.717, 1.165) is 26.2 Å². The molecule has 2 aliphatic heterocycles. The Labute approximate surface area is 83.6 Å². The van der Waals surface area contributed by atoms with Crippen LogP contribution in [0.2, 0.25) is 0 Å². The highest BCUT2D eigenvalue weighted by Gasteiger charge is 2.23. The minimum absolute atomic E-state index is 0.0177. The lowest BCUT2D eigenvalue weighted by molar-refractivity contribution is -0.134. The van der Waals surface area contributed by atoms with E-state index in [9.17, 15) is 4.79 Å². The van der Waals surface area contributed by atoms with Crippen LogP contribution in [0.15, 0.2) is 0 Å². The van der Waals surface area contributed by atoms with Crippen molar-refractivity contribution in [3.05, 3.63) is 0 Å². The number of amides is 1. The minimum atomic E-state index is -0.295. The van der Waals surface area contributed by atoms with E-state index in [-0.39, 0.29) is 12.0 Å². The molecule has 0 saturated carbocycles. The third-order valence-electron chi connectivity index (χ3n) is 2.65. The van der Waals surface area contributed by atoms with Gasteiger partial charge in [-0.15, -0.1) is 0 Å². The molecule has 0 aliphatic carbocycles. The first-order valence-electron chi connectivity index (χ1n) is 5.17. The predicted molar refractivity (Wildman–Crippen MR) is 52.0 cm³/mol. The molecule has 0 bridgehead atoms. The number of hydrogen-bond donors (Lipinski definition) is 3. The van der Waals surface area contributed by atoms with E-state index in [1.54, 1.807) is 0 Å². The van der Waals surface area contributed by atoms with Crippen molar-refractivity contribution in [1.82, 2.24) is 16.0 Å². The van der Waals surface area contributed by atoms with E-state index in [0.29, 0.717) is 19.1 Å². The summed E-state index contributed by atoms with van der Waals surface area (Å²) in [6, 6.07) is 0. The highest BCUT2D eigenvalue weighted by molar-refractivity contribution is 5.81. The van der Waals surface area contributed by atoms with E-state index in [4.69, 9.17) is 4.74 Å². The van der Waals surface area contributed by atoms with Gasteiger partial charge in [-0.25, -0.2) is 0 Å². The topological polar surface area (TPSA) is 62.4 Å². The Bertz CT molecular complexity index is 200. The number of rotatable bonds is 3. The molecule has 1 unspecified atom stereocenters. The molecule has 5 nitrogen and oxygen atoms in total. The first kappa shape index (κ1) is 9.89. The highest BCUT2D eigenvalue weighted by atomic mass is 16.5. The number of carbonyl (C=O) groups excluding carboxylic acids is 1. The highest BCUT2D eigenvalue weighted by Crippen LogP contribution is 2.01. The van der Waals surface area contributed by atoms with Gasteiger partial charge in [-0.05, 0) is 0 Å². The third kappa shape index (κ3) is 2.43. The largest absolute Gasteiger partial charge is 0.366 e. The monoisotopic (exact) mass is 199 g/mol. The van der Waals surface area contributed by atoms with Crippen LogP contribution in [-0.2, 0) is 9.53 Å². The second kappa shape index (κ2) is 4.72. The van der Waals surface area contributed by atoms with Crippen molar-refractivity contribution >= 4 is 5.91 Å². The lowest BCUT2D eigenvalue weighted by Crippen LogP contribution is -2.52. The smallest absolute Gasteiger partial charge is 0.250 e. The zero-order valence-electron chi connectivity index (χ0n) is 8.21. The molecule has 14 heavy (non-hydrogen) atoms. The fourth-order valence-corrected chi connectivity index (χ4v) is 1.59. The number of nitrogens with one attached hydrogen (secondary N) is 3. The quantitative estimate of drug-likeness (QED) is 0.507. The van der Waals surface area contributed by atoms with Crippen molar-refractivity contribution in [2.45, 2.75) is 6.10 Å². The van der Waals surface area contributed by atoms with Gasteiger partial charge in [0, 0.05) is 38.6 Å². The lowest BCUT2D eigenvalue weighted by atomic mass is 10.0. The van der Waals surface area contributed by atoms with Crippen molar-refractivity contribution in [1.29, 1.82) is 0 Å². The van der Waals surface area contributed by atoms with Crippen molar-refractivity contribution in [2.24, 2.45) is 5.92 Å². The molecule has 0 spiro atoms. The Hall–Kier alpha value is -0.650. The Kier molecular flexibility index (Phi) is 3.34. The van der Waals surface area contributed by atoms with Crippen LogP contribution in [0.25, 0.3) is 0 Å². The van der Waals surface area contributed by atoms with E-state index >= 15 is 0 Å². The van der Waals surface area contributed by atoms with Crippen LogP contribution < -0.4 is 16.0 Å². The Balaban J connectivity index is 1.65. The van der Waals surface area contributed by atoms with Crippen LogP contribution in [0.3, 0.4) is 0 Å². The summed E-state index contributed by atoms with van der Waals surface area (Å²) in [6.07, 6.45) is -0.295. The summed E-state index contributed by atoms with van der Waals surface area (Å²) >= 11 is 0. The summed E-state index contributed by atoms with van der Waals surface area (Å²) in [5.74, 6) is 0.625. The molecule has 0 aromatic heterocycles. The summed E-state index contributed by atoms with van der Waals surface area (Å²) in [4.78, 5) is 11.5. The van der Waals surface area contributed by atoms with Crippen molar-refractivity contribution in [3.8, 4) is 0 Å². The van der Waals surface area contributed by atoms with Crippen molar-refractivity contribution in [3.63, 3.8) is 0 Å². The van der Waals surface area contributed by atoms with E-state index < -0.39 is 0 Å². The molecule has 0 aromatic carbocycles. The van der Waals surface area contributed by atoms with Gasteiger partial charge in [0.25, 0.3) is 0 Å². The van der Waals surface area contributed by atoms with Gasteiger partial charge in [0.05, 0.1) is 6.61 Å². The molecular formula is C9H17N3O2. The molecule has 3 N–H and O–H groups in total. The van der Waals surface area contributed by atoms with Gasteiger partial charge < -0.3 is 20.7 Å². The fourth-order valence-electron chi connectivity index (χ4n) is 1.59. The zero-order valence-corrected chi connectivity index (χ0v) is 8.21. The van der Waals surface area contributed by atoms with E-state index in [1.807, 2.05) is 0 Å². The van der Waals surface area contributed by atoms with Crippen LogP contribution in [0, 0.1) is 5.92 Å². The Morgan fingerprint density at radius 2 is 2.21 bits per heavy atom. The van der Waals surface area contributed by atoms with Gasteiger partial charge in [0.2, 0.25) is 5.91 Å². The maximum absolute atomic E-state index is 11.5. The van der Waals surface area contributed by atoms with Gasteiger partial charge >= 0.3 is 0 Å². The molecule has 80 valence electrons. The minimum Gasteiger partial charge on any atom is -0.366 e. The number of hydrogen-bond acceptors (Lipinski definition) is 4. The third-order valence-corrected chi connectivity index (χ3v) is 2.65. The molecule has 2 heterocycles. The molecule has 5 heteroatoms. The van der Waals surface area contributed by atoms with Crippen LogP contribution in [0.4, 0.5) is 0 Å². The molecular weight excluding hydrogens is 182 g/mol. The van der Waals surface area contributed by atoms with Crippen LogP contribution in [0.1, 0.15) is 0 Å². The molecule has 2 rings (SSSR count). The number of carbonyl (C=O) groups is 1. The second-order valence-electron chi connectivity index (χ2n) is 3.83. The van der Waals surface area contributed by atoms with Gasteiger partial charge in [0.15, 0.2) is 0 Å². The first-order chi connectivity index (χ1) is 6.86. The molecule has 1 atom stereocenters. The van der Waals surface area contributed by atoms with Gasteiger partial charge in [-0.3, -0.25) is 4.79 Å². The maximum atomic E-state index is 11.5. The van der Waals surface area contributed by atoms with Crippen molar-refractivity contribution in [2.75, 3.05) is 39.3 Å². The summed E-state index contributed by atoms with van der Waals surface area (Å²) in [5, 5.41) is 9.21. The predicted octanol–water partition coefficient (Wildman–Crippen LogP) is -1.69. The van der Waals surface area contributed by atoms with Crippen LogP contribution >= 0.6 is 0 Å². The molecule has 2 saturated heterocycles. The van der Waals surface area contributed by atoms with Crippen molar-refractivity contribution < 1.29 is 9.53 Å². The zero-order chi connectivity index (χ0) is 9.80. The summed E-state index contributed by atoms with van der Waals surface area (Å²) in [5.41, 5.74) is 0. The Morgan fingerprint density at radius 1 is 1.36 bits per heavy atom. The normalized spacial score (nSPS) is 28.1. The SMILES string of the molecule is O=C(NCC1CNC1)C1CNCCO1. The summed E-state index contributed by atoms with van der Waals surface area (Å²) in [6.45, 7) is 4.91. The van der Waals surface area contributed by atoms with Crippen LogP contribution in [-0.4, -0.2) is 51.3 Å². The fraction of sp³-hybridized carbons (Fsp3) is 0.889. The molecule has 2 aliphatic rings. The molecule has 0 radical (unpaired) electrons. The first-order valence-corrected chi connectivity index (χ1v) is 5.17.